The molecule has 1 aromatic carbocycles. The molecule has 5 nitrogen and oxygen atoms in total. The van der Waals surface area contributed by atoms with Crippen molar-refractivity contribution in [3.05, 3.63) is 38.8 Å². The van der Waals surface area contributed by atoms with Crippen LogP contribution in [0.5, 0.6) is 0 Å². The summed E-state index contributed by atoms with van der Waals surface area (Å²) in [5.41, 5.74) is 6.10. The largest absolute Gasteiger partial charge is 0.366 e. The van der Waals surface area contributed by atoms with Crippen LogP contribution in [-0.4, -0.2) is 17.5 Å². The van der Waals surface area contributed by atoms with E-state index in [4.69, 9.17) is 40.5 Å². The first-order valence-corrected chi connectivity index (χ1v) is 6.96. The number of halogens is 3. The Morgan fingerprint density at radius 3 is 2.43 bits per heavy atom. The number of primary amides is 1. The molecule has 0 unspecified atom stereocenters. The Labute approximate surface area is 135 Å². The van der Waals surface area contributed by atoms with E-state index >= 15 is 0 Å². The van der Waals surface area contributed by atoms with E-state index in [1.807, 2.05) is 0 Å². The molecule has 0 saturated heterocycles. The molecule has 0 radical (unpaired) electrons. The van der Waals surface area contributed by atoms with Crippen molar-refractivity contribution >= 4 is 58.0 Å². The number of amides is 2. The maximum atomic E-state index is 12.0. The first kappa shape index (κ1) is 15.8. The van der Waals surface area contributed by atoms with Gasteiger partial charge in [-0.05, 0) is 25.1 Å². The van der Waals surface area contributed by atoms with Gasteiger partial charge in [0.25, 0.3) is 5.91 Å². The Hall–Kier alpha value is -1.56. The van der Waals surface area contributed by atoms with Gasteiger partial charge in [-0.1, -0.05) is 34.8 Å². The van der Waals surface area contributed by atoms with Crippen LogP contribution in [0.1, 0.15) is 13.3 Å². The molecule has 21 heavy (non-hydrogen) atoms. The SMILES string of the molecule is CC(=CC1=NN(c2c(Cl)cc(Cl)cc2Cl)C(=O)C1)C(N)=O. The molecule has 0 saturated carbocycles. The van der Waals surface area contributed by atoms with Crippen molar-refractivity contribution in [2.75, 3.05) is 5.01 Å². The number of carbonyl (C=O) groups excluding carboxylic acids is 2. The molecule has 2 amide bonds. The van der Waals surface area contributed by atoms with Crippen LogP contribution in [0.4, 0.5) is 5.69 Å². The number of nitrogens with two attached hydrogens (primary N) is 1. The summed E-state index contributed by atoms with van der Waals surface area (Å²) >= 11 is 18.0. The van der Waals surface area contributed by atoms with Crippen molar-refractivity contribution in [2.45, 2.75) is 13.3 Å². The third-order valence-corrected chi connectivity index (χ3v) is 3.56. The summed E-state index contributed by atoms with van der Waals surface area (Å²) in [4.78, 5) is 23.1. The molecular formula is C13H10Cl3N3O2. The lowest BCUT2D eigenvalue weighted by Gasteiger charge is -2.15. The average Bonchev–Trinajstić information content (AvgIpc) is 2.68. The highest BCUT2D eigenvalue weighted by molar-refractivity contribution is 6.42. The Bertz CT molecular complexity index is 675. The fourth-order valence-corrected chi connectivity index (χ4v) is 2.74. The molecule has 1 heterocycles. The standard InChI is InChI=1S/C13H10Cl3N3O2/c1-6(13(17)21)2-8-5-11(20)19(18-8)12-9(15)3-7(14)4-10(12)16/h2-4H,5H2,1H3,(H2,17,21). The molecule has 1 aromatic rings. The van der Waals surface area contributed by atoms with Crippen LogP contribution in [0, 0.1) is 0 Å². The average molecular weight is 347 g/mol. The summed E-state index contributed by atoms with van der Waals surface area (Å²) in [6.45, 7) is 1.54. The molecule has 0 aliphatic carbocycles. The van der Waals surface area contributed by atoms with E-state index in [9.17, 15) is 9.59 Å². The van der Waals surface area contributed by atoms with Crippen molar-refractivity contribution in [1.29, 1.82) is 0 Å². The zero-order valence-electron chi connectivity index (χ0n) is 10.9. The normalized spacial score (nSPS) is 15.4. The topological polar surface area (TPSA) is 75.8 Å². The quantitative estimate of drug-likeness (QED) is 0.853. The van der Waals surface area contributed by atoms with Crippen molar-refractivity contribution in [1.82, 2.24) is 0 Å². The van der Waals surface area contributed by atoms with Gasteiger partial charge < -0.3 is 5.73 Å². The maximum absolute atomic E-state index is 12.0. The molecule has 110 valence electrons. The number of anilines is 1. The van der Waals surface area contributed by atoms with Gasteiger partial charge in [0.2, 0.25) is 5.91 Å². The van der Waals surface area contributed by atoms with E-state index in [-0.39, 0.29) is 28.1 Å². The van der Waals surface area contributed by atoms with E-state index < -0.39 is 5.91 Å². The molecule has 0 aromatic heterocycles. The van der Waals surface area contributed by atoms with Crippen LogP contribution < -0.4 is 10.7 Å². The van der Waals surface area contributed by atoms with Crippen LogP contribution in [0.25, 0.3) is 0 Å². The van der Waals surface area contributed by atoms with Crippen molar-refractivity contribution in [3.63, 3.8) is 0 Å². The van der Waals surface area contributed by atoms with Crippen LogP contribution in [0.2, 0.25) is 15.1 Å². The lowest BCUT2D eigenvalue weighted by molar-refractivity contribution is -0.117. The zero-order chi connectivity index (χ0) is 15.7. The minimum absolute atomic E-state index is 0.0277. The lowest BCUT2D eigenvalue weighted by atomic mass is 10.2. The molecule has 0 bridgehead atoms. The minimum Gasteiger partial charge on any atom is -0.366 e. The van der Waals surface area contributed by atoms with Gasteiger partial charge in [0.05, 0.1) is 22.2 Å². The highest BCUT2D eigenvalue weighted by atomic mass is 35.5. The highest BCUT2D eigenvalue weighted by Crippen LogP contribution is 2.38. The Morgan fingerprint density at radius 1 is 1.33 bits per heavy atom. The van der Waals surface area contributed by atoms with Crippen LogP contribution in [0.15, 0.2) is 28.9 Å². The molecule has 8 heteroatoms. The fourth-order valence-electron chi connectivity index (χ4n) is 1.76. The maximum Gasteiger partial charge on any atom is 0.253 e. The first-order valence-electron chi connectivity index (χ1n) is 5.82. The van der Waals surface area contributed by atoms with Gasteiger partial charge in [-0.3, -0.25) is 9.59 Å². The molecule has 1 aliphatic rings. The smallest absolute Gasteiger partial charge is 0.253 e. The van der Waals surface area contributed by atoms with E-state index in [1.165, 1.54) is 18.2 Å². The van der Waals surface area contributed by atoms with E-state index in [1.54, 1.807) is 6.92 Å². The molecule has 1 aliphatic heterocycles. The summed E-state index contributed by atoms with van der Waals surface area (Å²) < 4.78 is 0. The molecular weight excluding hydrogens is 337 g/mol. The fraction of sp³-hybridized carbons (Fsp3) is 0.154. The van der Waals surface area contributed by atoms with Gasteiger partial charge in [0, 0.05) is 10.6 Å². The van der Waals surface area contributed by atoms with Gasteiger partial charge in [0.15, 0.2) is 0 Å². The first-order chi connectivity index (χ1) is 9.79. The molecule has 0 fully saturated rings. The summed E-state index contributed by atoms with van der Waals surface area (Å²) in [6, 6.07) is 2.94. The summed E-state index contributed by atoms with van der Waals surface area (Å²) in [5, 5.41) is 5.99. The summed E-state index contributed by atoms with van der Waals surface area (Å²) in [7, 11) is 0. The molecule has 0 spiro atoms. The van der Waals surface area contributed by atoms with Crippen LogP contribution in [0.3, 0.4) is 0 Å². The Morgan fingerprint density at radius 2 is 1.90 bits per heavy atom. The number of hydrogen-bond donors (Lipinski definition) is 1. The van der Waals surface area contributed by atoms with Crippen LogP contribution >= 0.6 is 34.8 Å². The lowest BCUT2D eigenvalue weighted by Crippen LogP contribution is -2.20. The van der Waals surface area contributed by atoms with E-state index in [0.29, 0.717) is 16.3 Å². The number of benzene rings is 1. The zero-order valence-corrected chi connectivity index (χ0v) is 13.1. The summed E-state index contributed by atoms with van der Waals surface area (Å²) in [5.74, 6) is -0.893. The number of hydrogen-bond acceptors (Lipinski definition) is 3. The van der Waals surface area contributed by atoms with E-state index in [0.717, 1.165) is 5.01 Å². The van der Waals surface area contributed by atoms with Gasteiger partial charge in [-0.2, -0.15) is 10.1 Å². The van der Waals surface area contributed by atoms with Gasteiger partial charge in [-0.25, -0.2) is 0 Å². The highest BCUT2D eigenvalue weighted by Gasteiger charge is 2.28. The Balaban J connectivity index is 2.42. The van der Waals surface area contributed by atoms with E-state index in [2.05, 4.69) is 5.10 Å². The number of nitrogens with zero attached hydrogens (tertiary/aromatic N) is 2. The number of allylic oxidation sites excluding steroid dienone is 1. The third kappa shape index (κ3) is 3.37. The van der Waals surface area contributed by atoms with Crippen molar-refractivity contribution in [3.8, 4) is 0 Å². The predicted octanol–water partition coefficient (Wildman–Crippen LogP) is 3.17. The molecule has 2 rings (SSSR count). The second-order valence-corrected chi connectivity index (χ2v) is 5.63. The Kier molecular flexibility index (Phi) is 4.56. The van der Waals surface area contributed by atoms with Crippen molar-refractivity contribution < 1.29 is 9.59 Å². The van der Waals surface area contributed by atoms with Gasteiger partial charge in [-0.15, -0.1) is 0 Å². The van der Waals surface area contributed by atoms with Crippen molar-refractivity contribution in [2.24, 2.45) is 10.8 Å². The minimum atomic E-state index is -0.578. The number of rotatable bonds is 3. The van der Waals surface area contributed by atoms with Gasteiger partial charge >= 0.3 is 0 Å². The van der Waals surface area contributed by atoms with Gasteiger partial charge in [0.1, 0.15) is 5.69 Å². The second-order valence-electron chi connectivity index (χ2n) is 4.38. The number of carbonyl (C=O) groups is 2. The predicted molar refractivity (Wildman–Crippen MR) is 84.0 cm³/mol. The monoisotopic (exact) mass is 345 g/mol. The second kappa shape index (κ2) is 6.05. The number of hydrazone groups is 1. The molecule has 2 N–H and O–H groups in total. The summed E-state index contributed by atoms with van der Waals surface area (Å²) in [6.07, 6.45) is 1.48. The van der Waals surface area contributed by atoms with Crippen LogP contribution in [-0.2, 0) is 9.59 Å². The third-order valence-electron chi connectivity index (χ3n) is 2.76. The molecule has 0 atom stereocenters.